The molecule has 0 aromatic heterocycles. The number of halogens is 3. The van der Waals surface area contributed by atoms with E-state index < -0.39 is 18.1 Å². The summed E-state index contributed by atoms with van der Waals surface area (Å²) in [7, 11) is 1.66. The van der Waals surface area contributed by atoms with Crippen LogP contribution in [0.1, 0.15) is 10.4 Å². The summed E-state index contributed by atoms with van der Waals surface area (Å²) >= 11 is 0. The van der Waals surface area contributed by atoms with Crippen molar-refractivity contribution >= 4 is 23.3 Å². The quantitative estimate of drug-likeness (QED) is 0.855. The van der Waals surface area contributed by atoms with E-state index in [1.54, 1.807) is 11.9 Å². The Morgan fingerprint density at radius 2 is 1.85 bits per heavy atom. The molecule has 1 amide bonds. The molecule has 0 saturated carbocycles. The minimum absolute atomic E-state index is 0.0408. The molecule has 1 aliphatic rings. The lowest BCUT2D eigenvalue weighted by molar-refractivity contribution is -0.170. The van der Waals surface area contributed by atoms with Crippen molar-refractivity contribution in [3.05, 3.63) is 23.8 Å². The van der Waals surface area contributed by atoms with E-state index in [0.717, 1.165) is 6.07 Å². The third-order valence-electron chi connectivity index (χ3n) is 3.07. The van der Waals surface area contributed by atoms with E-state index in [4.69, 9.17) is 5.11 Å². The van der Waals surface area contributed by atoms with Gasteiger partial charge in [-0.05, 0) is 18.2 Å². The van der Waals surface area contributed by atoms with Crippen LogP contribution in [0.15, 0.2) is 18.2 Å². The Bertz CT molecular complexity index is 572. The number of anilines is 2. The Kier molecular flexibility index (Phi) is 3.33. The van der Waals surface area contributed by atoms with Crippen LogP contribution >= 0.6 is 0 Å². The zero-order chi connectivity index (χ0) is 15.1. The molecule has 0 fully saturated rings. The first-order chi connectivity index (χ1) is 9.21. The molecule has 0 unspecified atom stereocenters. The zero-order valence-corrected chi connectivity index (χ0v) is 10.4. The van der Waals surface area contributed by atoms with Crippen LogP contribution in [0.3, 0.4) is 0 Å². The van der Waals surface area contributed by atoms with E-state index in [2.05, 4.69) is 0 Å². The van der Waals surface area contributed by atoms with Crippen LogP contribution in [0.2, 0.25) is 0 Å². The summed E-state index contributed by atoms with van der Waals surface area (Å²) in [6.45, 7) is 0.0894. The molecule has 0 spiro atoms. The fraction of sp³-hybridized carbons (Fsp3) is 0.333. The Morgan fingerprint density at radius 1 is 1.20 bits per heavy atom. The fourth-order valence-corrected chi connectivity index (χ4v) is 2.05. The first-order valence-electron chi connectivity index (χ1n) is 5.69. The maximum absolute atomic E-state index is 12.6. The minimum atomic E-state index is -4.99. The van der Waals surface area contributed by atoms with Gasteiger partial charge in [-0.3, -0.25) is 4.79 Å². The standard InChI is InChI=1S/C12H11F3N2O3/c1-16-4-5-17(11(20)12(13,14)15)9-6-7(10(18)19)2-3-8(9)16/h2-3,6H,4-5H2,1H3,(H,18,19). The number of amides is 1. The highest BCUT2D eigenvalue weighted by Gasteiger charge is 2.44. The number of carboxylic acid groups (broad SMARTS) is 1. The summed E-state index contributed by atoms with van der Waals surface area (Å²) in [4.78, 5) is 24.5. The van der Waals surface area contributed by atoms with E-state index in [9.17, 15) is 22.8 Å². The largest absolute Gasteiger partial charge is 0.478 e. The molecular weight excluding hydrogens is 277 g/mol. The van der Waals surface area contributed by atoms with Crippen LogP contribution < -0.4 is 9.80 Å². The van der Waals surface area contributed by atoms with Gasteiger partial charge in [0.05, 0.1) is 16.9 Å². The fourth-order valence-electron chi connectivity index (χ4n) is 2.05. The van der Waals surface area contributed by atoms with Crippen molar-refractivity contribution in [2.75, 3.05) is 29.9 Å². The highest BCUT2D eigenvalue weighted by atomic mass is 19.4. The number of hydrogen-bond donors (Lipinski definition) is 1. The second-order valence-electron chi connectivity index (χ2n) is 4.38. The highest BCUT2D eigenvalue weighted by molar-refractivity contribution is 6.02. The molecule has 8 heteroatoms. The normalized spacial score (nSPS) is 15.0. The predicted octanol–water partition coefficient (Wildman–Crippen LogP) is 1.73. The molecule has 108 valence electrons. The van der Waals surface area contributed by atoms with Gasteiger partial charge >= 0.3 is 18.1 Å². The number of fused-ring (bicyclic) bond motifs is 1. The van der Waals surface area contributed by atoms with E-state index in [0.29, 0.717) is 10.6 Å². The van der Waals surface area contributed by atoms with E-state index in [1.807, 2.05) is 0 Å². The lowest BCUT2D eigenvalue weighted by Gasteiger charge is -2.36. The number of aromatic carboxylic acids is 1. The first kappa shape index (κ1) is 14.2. The van der Waals surface area contributed by atoms with Crippen LogP contribution in [-0.2, 0) is 4.79 Å². The van der Waals surface area contributed by atoms with Crippen LogP contribution in [0.4, 0.5) is 24.5 Å². The molecule has 1 aliphatic heterocycles. The van der Waals surface area contributed by atoms with Crippen molar-refractivity contribution in [1.82, 2.24) is 0 Å². The van der Waals surface area contributed by atoms with Gasteiger partial charge in [0.1, 0.15) is 0 Å². The second kappa shape index (κ2) is 4.69. The summed E-state index contributed by atoms with van der Waals surface area (Å²) in [5.74, 6) is -3.25. The van der Waals surface area contributed by atoms with Gasteiger partial charge in [0, 0.05) is 20.1 Å². The Balaban J connectivity index is 2.51. The summed E-state index contributed by atoms with van der Waals surface area (Å²) in [5, 5.41) is 8.90. The van der Waals surface area contributed by atoms with Crippen LogP contribution in [0.5, 0.6) is 0 Å². The lowest BCUT2D eigenvalue weighted by atomic mass is 10.1. The molecule has 0 bridgehead atoms. The van der Waals surface area contributed by atoms with Gasteiger partial charge in [0.2, 0.25) is 0 Å². The molecule has 1 heterocycles. The first-order valence-corrected chi connectivity index (χ1v) is 5.69. The van der Waals surface area contributed by atoms with Gasteiger partial charge in [-0.15, -0.1) is 0 Å². The van der Waals surface area contributed by atoms with E-state index >= 15 is 0 Å². The number of benzene rings is 1. The van der Waals surface area contributed by atoms with Gasteiger partial charge in [-0.25, -0.2) is 4.79 Å². The number of carbonyl (C=O) groups excluding carboxylic acids is 1. The van der Waals surface area contributed by atoms with Crippen LogP contribution in [0, 0.1) is 0 Å². The van der Waals surface area contributed by atoms with Gasteiger partial charge in [0.15, 0.2) is 0 Å². The van der Waals surface area contributed by atoms with E-state index in [1.165, 1.54) is 12.1 Å². The number of nitrogens with zero attached hydrogens (tertiary/aromatic N) is 2. The number of likely N-dealkylation sites (N-methyl/N-ethyl adjacent to an activating group) is 1. The van der Waals surface area contributed by atoms with Crippen molar-refractivity contribution in [2.45, 2.75) is 6.18 Å². The number of carbonyl (C=O) groups is 2. The topological polar surface area (TPSA) is 60.9 Å². The number of alkyl halides is 3. The van der Waals surface area contributed by atoms with Gasteiger partial charge in [-0.2, -0.15) is 13.2 Å². The molecule has 0 aliphatic carbocycles. The summed E-state index contributed by atoms with van der Waals surface area (Å²) in [6.07, 6.45) is -4.99. The number of carboxylic acids is 1. The average Bonchev–Trinajstić information content (AvgIpc) is 2.37. The van der Waals surface area contributed by atoms with Gasteiger partial charge < -0.3 is 14.9 Å². The number of rotatable bonds is 1. The highest BCUT2D eigenvalue weighted by Crippen LogP contribution is 2.35. The smallest absolute Gasteiger partial charge is 0.471 e. The molecule has 0 saturated heterocycles. The molecule has 20 heavy (non-hydrogen) atoms. The Morgan fingerprint density at radius 3 is 2.40 bits per heavy atom. The van der Waals surface area contributed by atoms with Crippen molar-refractivity contribution in [3.8, 4) is 0 Å². The average molecular weight is 288 g/mol. The molecule has 1 aromatic rings. The number of hydrogen-bond acceptors (Lipinski definition) is 3. The van der Waals surface area contributed by atoms with Crippen molar-refractivity contribution in [2.24, 2.45) is 0 Å². The van der Waals surface area contributed by atoms with Crippen molar-refractivity contribution in [1.29, 1.82) is 0 Å². The molecule has 5 nitrogen and oxygen atoms in total. The third kappa shape index (κ3) is 2.40. The summed E-state index contributed by atoms with van der Waals surface area (Å²) in [6, 6.07) is 3.77. The predicted molar refractivity (Wildman–Crippen MR) is 65.1 cm³/mol. The lowest BCUT2D eigenvalue weighted by Crippen LogP contribution is -2.48. The van der Waals surface area contributed by atoms with Crippen LogP contribution in [-0.4, -0.2) is 43.3 Å². The van der Waals surface area contributed by atoms with Crippen molar-refractivity contribution in [3.63, 3.8) is 0 Å². The minimum Gasteiger partial charge on any atom is -0.478 e. The SMILES string of the molecule is CN1CCN(C(=O)C(F)(F)F)c2cc(C(=O)O)ccc21. The molecule has 1 N–H and O–H groups in total. The molecule has 0 radical (unpaired) electrons. The van der Waals surface area contributed by atoms with Crippen LogP contribution in [0.25, 0.3) is 0 Å². The van der Waals surface area contributed by atoms with Crippen molar-refractivity contribution < 1.29 is 27.9 Å². The monoisotopic (exact) mass is 288 g/mol. The molecule has 2 rings (SSSR count). The second-order valence-corrected chi connectivity index (χ2v) is 4.38. The zero-order valence-electron chi connectivity index (χ0n) is 10.4. The van der Waals surface area contributed by atoms with Gasteiger partial charge in [0.25, 0.3) is 0 Å². The maximum Gasteiger partial charge on any atom is 0.471 e. The Labute approximate surface area is 112 Å². The summed E-state index contributed by atoms with van der Waals surface area (Å²) < 4.78 is 37.7. The maximum atomic E-state index is 12.6. The molecule has 0 atom stereocenters. The third-order valence-corrected chi connectivity index (χ3v) is 3.07. The molecule has 1 aromatic carbocycles. The summed E-state index contributed by atoms with van der Waals surface area (Å²) in [5.41, 5.74) is 0.179. The van der Waals surface area contributed by atoms with Gasteiger partial charge in [-0.1, -0.05) is 0 Å². The molecular formula is C12H11F3N2O3. The Hall–Kier alpha value is -2.25. The van der Waals surface area contributed by atoms with E-state index in [-0.39, 0.29) is 24.3 Å².